The van der Waals surface area contributed by atoms with Crippen LogP contribution in [-0.4, -0.2) is 35.1 Å². The van der Waals surface area contributed by atoms with Gasteiger partial charge in [-0.05, 0) is 31.4 Å². The van der Waals surface area contributed by atoms with Crippen LogP contribution in [0.1, 0.15) is 36.8 Å². The summed E-state index contributed by atoms with van der Waals surface area (Å²) >= 11 is 0. The lowest BCUT2D eigenvalue weighted by molar-refractivity contribution is 0.213. The van der Waals surface area contributed by atoms with Crippen molar-refractivity contribution in [3.05, 3.63) is 29.3 Å². The van der Waals surface area contributed by atoms with E-state index in [-0.39, 0.29) is 11.9 Å². The Morgan fingerprint density at radius 1 is 1.29 bits per heavy atom. The van der Waals surface area contributed by atoms with Crippen molar-refractivity contribution >= 4 is 17.6 Å². The number of likely N-dealkylation sites (tertiary alicyclic amines) is 1. The first-order valence-electron chi connectivity index (χ1n) is 7.26. The zero-order valence-corrected chi connectivity index (χ0v) is 12.3. The van der Waals surface area contributed by atoms with Crippen molar-refractivity contribution < 1.29 is 10.0 Å². The van der Waals surface area contributed by atoms with E-state index in [1.807, 2.05) is 17.9 Å². The Kier molecular flexibility index (Phi) is 5.03. The van der Waals surface area contributed by atoms with Gasteiger partial charge in [0.05, 0.1) is 0 Å². The number of carbonyl (C=O) groups is 1. The topological polar surface area (TPSA) is 91.0 Å². The Bertz CT molecular complexity index is 534. The summed E-state index contributed by atoms with van der Waals surface area (Å²) in [6, 6.07) is 5.23. The number of rotatable bonds is 2. The predicted octanol–water partition coefficient (Wildman–Crippen LogP) is 2.50. The molecule has 1 saturated heterocycles. The Balaban J connectivity index is 2.12. The van der Waals surface area contributed by atoms with Crippen LogP contribution in [0.4, 0.5) is 10.5 Å². The van der Waals surface area contributed by atoms with Crippen molar-refractivity contribution in [3.63, 3.8) is 0 Å². The molecule has 114 valence electrons. The predicted molar refractivity (Wildman–Crippen MR) is 82.7 cm³/mol. The molecule has 0 unspecified atom stereocenters. The summed E-state index contributed by atoms with van der Waals surface area (Å²) in [6.45, 7) is 3.50. The molecule has 1 heterocycles. The molecule has 0 aromatic heterocycles. The second kappa shape index (κ2) is 6.97. The number of hydrogen-bond donors (Lipinski definition) is 3. The molecular formula is C15H22N4O2. The highest BCUT2D eigenvalue weighted by molar-refractivity contribution is 5.99. The molecule has 0 radical (unpaired) electrons. The standard InChI is InChI=1S/C15H22N4O2/c1-11-6-7-12(14(16)18-21)10-13(11)17-15(20)19-8-4-2-3-5-9-19/h6-7,10,21H,2-5,8-9H2,1H3,(H2,16,18)(H,17,20). The van der Waals surface area contributed by atoms with Crippen molar-refractivity contribution in [1.82, 2.24) is 4.90 Å². The smallest absolute Gasteiger partial charge is 0.321 e. The summed E-state index contributed by atoms with van der Waals surface area (Å²) in [6.07, 6.45) is 4.47. The molecule has 1 aromatic rings. The van der Waals surface area contributed by atoms with Gasteiger partial charge in [0.2, 0.25) is 0 Å². The van der Waals surface area contributed by atoms with E-state index in [4.69, 9.17) is 10.9 Å². The summed E-state index contributed by atoms with van der Waals surface area (Å²) in [5.41, 5.74) is 7.79. The number of anilines is 1. The number of nitrogens with one attached hydrogen (secondary N) is 1. The van der Waals surface area contributed by atoms with Crippen LogP contribution in [0.5, 0.6) is 0 Å². The average molecular weight is 290 g/mol. The highest BCUT2D eigenvalue weighted by Gasteiger charge is 2.16. The van der Waals surface area contributed by atoms with Crippen LogP contribution < -0.4 is 11.1 Å². The zero-order valence-electron chi connectivity index (χ0n) is 12.3. The van der Waals surface area contributed by atoms with Crippen molar-refractivity contribution in [1.29, 1.82) is 0 Å². The number of benzene rings is 1. The number of aryl methyl sites for hydroxylation is 1. The van der Waals surface area contributed by atoms with Crippen molar-refractivity contribution in [2.75, 3.05) is 18.4 Å². The van der Waals surface area contributed by atoms with E-state index in [9.17, 15) is 4.79 Å². The first kappa shape index (κ1) is 15.2. The van der Waals surface area contributed by atoms with Gasteiger partial charge < -0.3 is 21.2 Å². The molecule has 6 nitrogen and oxygen atoms in total. The van der Waals surface area contributed by atoms with Crippen LogP contribution in [0.2, 0.25) is 0 Å². The monoisotopic (exact) mass is 290 g/mol. The highest BCUT2D eigenvalue weighted by Crippen LogP contribution is 2.18. The van der Waals surface area contributed by atoms with Crippen LogP contribution >= 0.6 is 0 Å². The van der Waals surface area contributed by atoms with Crippen LogP contribution in [0.15, 0.2) is 23.4 Å². The number of hydrogen-bond acceptors (Lipinski definition) is 3. The Labute approximate surface area is 124 Å². The van der Waals surface area contributed by atoms with Gasteiger partial charge in [-0.2, -0.15) is 0 Å². The van der Waals surface area contributed by atoms with Gasteiger partial charge in [0.1, 0.15) is 0 Å². The third kappa shape index (κ3) is 3.87. The first-order chi connectivity index (χ1) is 10.1. The van der Waals surface area contributed by atoms with Gasteiger partial charge in [0.15, 0.2) is 5.84 Å². The van der Waals surface area contributed by atoms with Gasteiger partial charge in [-0.3, -0.25) is 0 Å². The van der Waals surface area contributed by atoms with Crippen molar-refractivity contribution in [3.8, 4) is 0 Å². The van der Waals surface area contributed by atoms with Crippen LogP contribution in [0.25, 0.3) is 0 Å². The number of carbonyl (C=O) groups excluding carboxylic acids is 1. The summed E-state index contributed by atoms with van der Waals surface area (Å²) in [5.74, 6) is 0.0280. The summed E-state index contributed by atoms with van der Waals surface area (Å²) in [5, 5.41) is 14.6. The number of nitrogens with zero attached hydrogens (tertiary/aromatic N) is 2. The lowest BCUT2D eigenvalue weighted by atomic mass is 10.1. The Morgan fingerprint density at radius 2 is 1.95 bits per heavy atom. The van der Waals surface area contributed by atoms with Crippen LogP contribution in [0, 0.1) is 6.92 Å². The molecule has 0 saturated carbocycles. The fourth-order valence-electron chi connectivity index (χ4n) is 2.44. The van der Waals surface area contributed by atoms with E-state index in [1.54, 1.807) is 12.1 Å². The lowest BCUT2D eigenvalue weighted by Gasteiger charge is -2.21. The highest BCUT2D eigenvalue weighted by atomic mass is 16.4. The van der Waals surface area contributed by atoms with E-state index in [2.05, 4.69) is 10.5 Å². The molecule has 1 aromatic carbocycles. The van der Waals surface area contributed by atoms with Gasteiger partial charge in [-0.1, -0.05) is 30.1 Å². The van der Waals surface area contributed by atoms with Gasteiger partial charge in [-0.15, -0.1) is 0 Å². The third-order valence-corrected chi connectivity index (χ3v) is 3.78. The normalized spacial score (nSPS) is 16.4. The molecule has 2 amide bonds. The molecule has 2 rings (SSSR count). The Morgan fingerprint density at radius 3 is 2.57 bits per heavy atom. The molecule has 21 heavy (non-hydrogen) atoms. The quantitative estimate of drug-likeness (QED) is 0.338. The minimum absolute atomic E-state index is 0.0280. The average Bonchev–Trinajstić information content (AvgIpc) is 2.77. The van der Waals surface area contributed by atoms with E-state index in [0.717, 1.165) is 31.5 Å². The molecule has 4 N–H and O–H groups in total. The second-order valence-electron chi connectivity index (χ2n) is 5.35. The van der Waals surface area contributed by atoms with E-state index in [1.165, 1.54) is 12.8 Å². The fourth-order valence-corrected chi connectivity index (χ4v) is 2.44. The van der Waals surface area contributed by atoms with Crippen molar-refractivity contribution in [2.24, 2.45) is 10.9 Å². The van der Waals surface area contributed by atoms with E-state index < -0.39 is 0 Å². The molecule has 1 aliphatic heterocycles. The number of oxime groups is 1. The number of nitrogens with two attached hydrogens (primary N) is 1. The van der Waals surface area contributed by atoms with Gasteiger partial charge in [-0.25, -0.2) is 4.79 Å². The molecule has 1 aliphatic rings. The number of amides is 2. The van der Waals surface area contributed by atoms with E-state index in [0.29, 0.717) is 11.3 Å². The zero-order chi connectivity index (χ0) is 15.2. The van der Waals surface area contributed by atoms with Gasteiger partial charge in [0, 0.05) is 24.3 Å². The van der Waals surface area contributed by atoms with Crippen LogP contribution in [0.3, 0.4) is 0 Å². The van der Waals surface area contributed by atoms with Crippen LogP contribution in [-0.2, 0) is 0 Å². The summed E-state index contributed by atoms with van der Waals surface area (Å²) < 4.78 is 0. The molecule has 6 heteroatoms. The number of amidine groups is 1. The minimum Gasteiger partial charge on any atom is -0.409 e. The Hall–Kier alpha value is -2.24. The molecule has 0 bridgehead atoms. The van der Waals surface area contributed by atoms with E-state index >= 15 is 0 Å². The largest absolute Gasteiger partial charge is 0.409 e. The second-order valence-corrected chi connectivity index (χ2v) is 5.35. The van der Waals surface area contributed by atoms with Gasteiger partial charge >= 0.3 is 6.03 Å². The first-order valence-corrected chi connectivity index (χ1v) is 7.26. The maximum absolute atomic E-state index is 12.3. The molecule has 1 fully saturated rings. The van der Waals surface area contributed by atoms with Gasteiger partial charge in [0.25, 0.3) is 0 Å². The maximum atomic E-state index is 12.3. The molecule has 0 spiro atoms. The third-order valence-electron chi connectivity index (χ3n) is 3.78. The SMILES string of the molecule is Cc1ccc(C(N)=NO)cc1NC(=O)N1CCCCCC1. The summed E-state index contributed by atoms with van der Waals surface area (Å²) in [7, 11) is 0. The molecular weight excluding hydrogens is 268 g/mol. The lowest BCUT2D eigenvalue weighted by Crippen LogP contribution is -2.35. The molecule has 0 aliphatic carbocycles. The maximum Gasteiger partial charge on any atom is 0.321 e. The van der Waals surface area contributed by atoms with Crippen molar-refractivity contribution in [2.45, 2.75) is 32.6 Å². The minimum atomic E-state index is -0.0864. The fraction of sp³-hybridized carbons (Fsp3) is 0.467. The summed E-state index contributed by atoms with van der Waals surface area (Å²) in [4.78, 5) is 14.2. The number of urea groups is 1. The molecule has 0 atom stereocenters.